The number of piperazine rings is 1. The predicted molar refractivity (Wildman–Crippen MR) is 117 cm³/mol. The lowest BCUT2D eigenvalue weighted by Crippen LogP contribution is -2.50. The third kappa shape index (κ3) is 5.05. The molecule has 1 aliphatic rings. The summed E-state index contributed by atoms with van der Waals surface area (Å²) in [5, 5.41) is 0.344. The van der Waals surface area contributed by atoms with Crippen LogP contribution in [0.1, 0.15) is 34.6 Å². The molecule has 1 fully saturated rings. The van der Waals surface area contributed by atoms with Crippen LogP contribution in [0.15, 0.2) is 42.5 Å². The first-order chi connectivity index (χ1) is 14.4. The minimum atomic E-state index is -0.141. The van der Waals surface area contributed by atoms with Gasteiger partial charge in [0.25, 0.3) is 11.8 Å². The van der Waals surface area contributed by atoms with Crippen LogP contribution in [-0.4, -0.2) is 61.5 Å². The summed E-state index contributed by atoms with van der Waals surface area (Å²) >= 11 is 6.38. The molecule has 160 valence electrons. The van der Waals surface area contributed by atoms with Crippen molar-refractivity contribution in [1.29, 1.82) is 0 Å². The Morgan fingerprint density at radius 2 is 1.53 bits per heavy atom. The van der Waals surface area contributed by atoms with Gasteiger partial charge in [0, 0.05) is 37.3 Å². The second kappa shape index (κ2) is 9.85. The lowest BCUT2D eigenvalue weighted by Gasteiger charge is -2.35. The highest BCUT2D eigenvalue weighted by molar-refractivity contribution is 6.32. The monoisotopic (exact) mass is 430 g/mol. The zero-order valence-electron chi connectivity index (χ0n) is 17.6. The van der Waals surface area contributed by atoms with Gasteiger partial charge in [-0.1, -0.05) is 43.6 Å². The van der Waals surface area contributed by atoms with Crippen molar-refractivity contribution in [1.82, 2.24) is 9.80 Å². The molecule has 0 saturated carbocycles. The van der Waals surface area contributed by atoms with E-state index in [0.717, 1.165) is 0 Å². The molecule has 0 aliphatic carbocycles. The van der Waals surface area contributed by atoms with Crippen molar-refractivity contribution >= 4 is 23.4 Å². The molecule has 2 amide bonds. The molecule has 1 heterocycles. The molecule has 0 unspecified atom stereocenters. The number of carbonyl (C=O) groups is 2. The summed E-state index contributed by atoms with van der Waals surface area (Å²) < 4.78 is 11.2. The van der Waals surface area contributed by atoms with E-state index in [1.807, 2.05) is 32.0 Å². The lowest BCUT2D eigenvalue weighted by molar-refractivity contribution is 0.0535. The van der Waals surface area contributed by atoms with Crippen molar-refractivity contribution in [2.45, 2.75) is 13.8 Å². The molecule has 2 aromatic carbocycles. The van der Waals surface area contributed by atoms with Gasteiger partial charge in [-0.2, -0.15) is 0 Å². The Hall–Kier alpha value is -2.73. The summed E-state index contributed by atoms with van der Waals surface area (Å²) in [7, 11) is 1.52. The molecule has 0 bridgehead atoms. The van der Waals surface area contributed by atoms with E-state index in [4.69, 9.17) is 21.1 Å². The average molecular weight is 431 g/mol. The number of ether oxygens (including phenoxy) is 2. The highest BCUT2D eigenvalue weighted by Gasteiger charge is 2.26. The molecule has 30 heavy (non-hydrogen) atoms. The average Bonchev–Trinajstić information content (AvgIpc) is 2.77. The fourth-order valence-corrected chi connectivity index (χ4v) is 3.56. The molecular weight excluding hydrogens is 404 g/mol. The van der Waals surface area contributed by atoms with Gasteiger partial charge in [-0.05, 0) is 30.2 Å². The Kier molecular flexibility index (Phi) is 7.21. The van der Waals surface area contributed by atoms with Gasteiger partial charge >= 0.3 is 0 Å². The maximum Gasteiger partial charge on any atom is 0.254 e. The van der Waals surface area contributed by atoms with Crippen LogP contribution in [0, 0.1) is 5.92 Å². The topological polar surface area (TPSA) is 59.1 Å². The van der Waals surface area contributed by atoms with E-state index in [1.54, 1.807) is 34.1 Å². The van der Waals surface area contributed by atoms with Crippen LogP contribution < -0.4 is 9.47 Å². The number of hydrogen-bond acceptors (Lipinski definition) is 4. The van der Waals surface area contributed by atoms with Gasteiger partial charge in [0.2, 0.25) is 0 Å². The standard InChI is InChI=1S/C23H27ClN2O4/c1-16(2)15-30-21-19(24)13-18(14-20(21)29-3)23(28)26-11-9-25(10-12-26)22(27)17-7-5-4-6-8-17/h4-8,13-14,16H,9-12,15H2,1-3H3. The molecule has 0 aromatic heterocycles. The van der Waals surface area contributed by atoms with E-state index < -0.39 is 0 Å². The van der Waals surface area contributed by atoms with Gasteiger partial charge in [-0.25, -0.2) is 0 Å². The molecule has 0 radical (unpaired) electrons. The minimum absolute atomic E-state index is 0.0148. The van der Waals surface area contributed by atoms with Crippen LogP contribution >= 0.6 is 11.6 Å². The van der Waals surface area contributed by atoms with Crippen molar-refractivity contribution < 1.29 is 19.1 Å². The zero-order chi connectivity index (χ0) is 21.7. The molecule has 2 aromatic rings. The number of rotatable bonds is 6. The van der Waals surface area contributed by atoms with E-state index in [2.05, 4.69) is 0 Å². The van der Waals surface area contributed by atoms with Crippen LogP contribution in [0.2, 0.25) is 5.02 Å². The van der Waals surface area contributed by atoms with Crippen LogP contribution in [0.5, 0.6) is 11.5 Å². The van der Waals surface area contributed by atoms with Crippen LogP contribution in [-0.2, 0) is 0 Å². The fraction of sp³-hybridized carbons (Fsp3) is 0.391. The van der Waals surface area contributed by atoms with E-state index in [9.17, 15) is 9.59 Å². The van der Waals surface area contributed by atoms with Gasteiger partial charge in [0.15, 0.2) is 11.5 Å². The quantitative estimate of drug-likeness (QED) is 0.695. The number of hydrogen-bond donors (Lipinski definition) is 0. The van der Waals surface area contributed by atoms with Crippen LogP contribution in [0.25, 0.3) is 0 Å². The molecule has 1 aliphatic heterocycles. The first kappa shape index (κ1) is 22.0. The smallest absolute Gasteiger partial charge is 0.254 e. The first-order valence-corrected chi connectivity index (χ1v) is 10.4. The number of nitrogens with zero attached hydrogens (tertiary/aromatic N) is 2. The molecule has 7 heteroatoms. The molecule has 6 nitrogen and oxygen atoms in total. The molecule has 1 saturated heterocycles. The summed E-state index contributed by atoms with van der Waals surface area (Å²) in [6, 6.07) is 12.5. The Labute approximate surface area is 182 Å². The first-order valence-electron chi connectivity index (χ1n) is 10.0. The summed E-state index contributed by atoms with van der Waals surface area (Å²) in [5.41, 5.74) is 1.10. The van der Waals surface area contributed by atoms with E-state index in [-0.39, 0.29) is 11.8 Å². The van der Waals surface area contributed by atoms with Gasteiger partial charge < -0.3 is 19.3 Å². The van der Waals surface area contributed by atoms with Crippen molar-refractivity contribution in [3.63, 3.8) is 0 Å². The van der Waals surface area contributed by atoms with Crippen molar-refractivity contribution in [3.8, 4) is 11.5 Å². The highest BCUT2D eigenvalue weighted by Crippen LogP contribution is 2.37. The van der Waals surface area contributed by atoms with Crippen molar-refractivity contribution in [2.75, 3.05) is 39.9 Å². The number of halogens is 1. The maximum absolute atomic E-state index is 13.0. The third-order valence-electron chi connectivity index (χ3n) is 4.91. The lowest BCUT2D eigenvalue weighted by atomic mass is 10.1. The summed E-state index contributed by atoms with van der Waals surface area (Å²) in [4.78, 5) is 29.1. The summed E-state index contributed by atoms with van der Waals surface area (Å²) in [6.07, 6.45) is 0. The molecule has 3 rings (SSSR count). The summed E-state index contributed by atoms with van der Waals surface area (Å²) in [5.74, 6) is 1.06. The largest absolute Gasteiger partial charge is 0.493 e. The van der Waals surface area contributed by atoms with Gasteiger partial charge in [0.1, 0.15) is 0 Å². The van der Waals surface area contributed by atoms with Crippen LogP contribution in [0.3, 0.4) is 0 Å². The van der Waals surface area contributed by atoms with Gasteiger partial charge in [-0.15, -0.1) is 0 Å². The fourth-order valence-electron chi connectivity index (χ4n) is 3.29. The summed E-state index contributed by atoms with van der Waals surface area (Å²) in [6.45, 7) is 6.48. The molecular formula is C23H27ClN2O4. The zero-order valence-corrected chi connectivity index (χ0v) is 18.3. The Morgan fingerprint density at radius 1 is 0.967 bits per heavy atom. The predicted octanol–water partition coefficient (Wildman–Crippen LogP) is 3.98. The van der Waals surface area contributed by atoms with Crippen LogP contribution in [0.4, 0.5) is 0 Å². The van der Waals surface area contributed by atoms with Crippen molar-refractivity contribution in [2.24, 2.45) is 5.92 Å². The molecule has 0 spiro atoms. The normalized spacial score (nSPS) is 14.0. The molecule has 0 N–H and O–H groups in total. The second-order valence-electron chi connectivity index (χ2n) is 7.64. The molecule has 0 atom stereocenters. The highest BCUT2D eigenvalue weighted by atomic mass is 35.5. The van der Waals surface area contributed by atoms with E-state index in [0.29, 0.717) is 66.4 Å². The number of amides is 2. The van der Waals surface area contributed by atoms with Gasteiger partial charge in [0.05, 0.1) is 18.7 Å². The van der Waals surface area contributed by atoms with Crippen molar-refractivity contribution in [3.05, 3.63) is 58.6 Å². The Balaban J connectivity index is 1.67. The van der Waals surface area contributed by atoms with Gasteiger partial charge in [-0.3, -0.25) is 9.59 Å². The van der Waals surface area contributed by atoms with E-state index >= 15 is 0 Å². The number of methoxy groups -OCH3 is 1. The second-order valence-corrected chi connectivity index (χ2v) is 8.05. The maximum atomic E-state index is 13.0. The number of benzene rings is 2. The minimum Gasteiger partial charge on any atom is -0.493 e. The third-order valence-corrected chi connectivity index (χ3v) is 5.19. The SMILES string of the molecule is COc1cc(C(=O)N2CCN(C(=O)c3ccccc3)CC2)cc(Cl)c1OCC(C)C. The Morgan fingerprint density at radius 3 is 2.07 bits per heavy atom. The Bertz CT molecular complexity index is 894. The van der Waals surface area contributed by atoms with E-state index in [1.165, 1.54) is 7.11 Å². The number of carbonyl (C=O) groups excluding carboxylic acids is 2.